The van der Waals surface area contributed by atoms with Crippen LogP contribution in [0.5, 0.6) is 0 Å². The largest absolute Gasteiger partial charge is 0.444 e. The quantitative estimate of drug-likeness (QED) is 0.425. The lowest BCUT2D eigenvalue weighted by Crippen LogP contribution is -2.40. The van der Waals surface area contributed by atoms with Gasteiger partial charge in [-0.1, -0.05) is 40.9 Å². The molecular formula is C17H24Cl2N2O2. The van der Waals surface area contributed by atoms with Crippen molar-refractivity contribution in [3.63, 3.8) is 0 Å². The van der Waals surface area contributed by atoms with E-state index in [2.05, 4.69) is 6.08 Å². The lowest BCUT2D eigenvalue weighted by Gasteiger charge is -2.31. The Hall–Kier alpha value is -1.26. The average Bonchev–Trinajstić information content (AvgIpc) is 2.44. The molecule has 1 aliphatic rings. The Balaban J connectivity index is 2.42. The number of halogens is 2. The number of amides is 1. The van der Waals surface area contributed by atoms with Gasteiger partial charge in [0.25, 0.3) is 0 Å². The van der Waals surface area contributed by atoms with Crippen LogP contribution in [0.4, 0.5) is 4.79 Å². The van der Waals surface area contributed by atoms with Gasteiger partial charge < -0.3 is 9.64 Å². The first kappa shape index (κ1) is 19.8. The van der Waals surface area contributed by atoms with E-state index in [1.54, 1.807) is 11.0 Å². The van der Waals surface area contributed by atoms with E-state index < -0.39 is 5.60 Å². The Morgan fingerprint density at radius 1 is 1.26 bits per heavy atom. The van der Waals surface area contributed by atoms with Crippen molar-refractivity contribution in [1.82, 2.24) is 4.90 Å². The van der Waals surface area contributed by atoms with Crippen LogP contribution in [-0.2, 0) is 4.74 Å². The second kappa shape index (κ2) is 9.14. The third-order valence-electron chi connectivity index (χ3n) is 3.17. The van der Waals surface area contributed by atoms with Gasteiger partial charge in [-0.3, -0.25) is 5.41 Å². The number of hydrogen-bond donors (Lipinski definition) is 1. The molecule has 1 fully saturated rings. The molecule has 0 spiro atoms. The minimum absolute atomic E-state index is 0.0515. The van der Waals surface area contributed by atoms with Crippen molar-refractivity contribution in [3.8, 4) is 0 Å². The molecule has 0 radical (unpaired) electrons. The molecule has 0 aliphatic carbocycles. The lowest BCUT2D eigenvalue weighted by molar-refractivity contribution is 0.0236. The summed E-state index contributed by atoms with van der Waals surface area (Å²) < 4.78 is 5.38. The lowest BCUT2D eigenvalue weighted by atomic mass is 10.0. The number of carbonyl (C=O) groups is 1. The number of allylic oxidation sites excluding steroid dienone is 5. The molecule has 6 heteroatoms. The number of nitrogens with one attached hydrogen (secondary N) is 1. The first-order valence-electron chi connectivity index (χ1n) is 7.61. The maximum Gasteiger partial charge on any atom is 0.410 e. The maximum absolute atomic E-state index is 12.0. The van der Waals surface area contributed by atoms with Crippen LogP contribution >= 0.6 is 23.2 Å². The van der Waals surface area contributed by atoms with Gasteiger partial charge >= 0.3 is 6.09 Å². The van der Waals surface area contributed by atoms with Crippen molar-refractivity contribution in [1.29, 1.82) is 5.41 Å². The number of ether oxygens (including phenoxy) is 1. The van der Waals surface area contributed by atoms with Crippen molar-refractivity contribution >= 4 is 34.5 Å². The van der Waals surface area contributed by atoms with Crippen molar-refractivity contribution in [2.45, 2.75) is 45.6 Å². The van der Waals surface area contributed by atoms with Crippen molar-refractivity contribution in [2.75, 3.05) is 13.1 Å². The zero-order valence-corrected chi connectivity index (χ0v) is 15.4. The van der Waals surface area contributed by atoms with E-state index in [0.29, 0.717) is 18.1 Å². The highest BCUT2D eigenvalue weighted by atomic mass is 35.5. The standard InChI is InChI=1S/C17H24Cl2N2O2/c1-17(2,3)23-16(22)21-11-9-13(10-12-21)5-4-6-14(18)7-8-15(19)20/h5-8,20H,4,9-12H2,1-3H3/b8-7-,14-6+,20-15?. The Kier molecular flexibility index (Phi) is 7.86. The highest BCUT2D eigenvalue weighted by Gasteiger charge is 2.24. The van der Waals surface area contributed by atoms with E-state index in [9.17, 15) is 4.79 Å². The summed E-state index contributed by atoms with van der Waals surface area (Å²) in [7, 11) is 0. The summed E-state index contributed by atoms with van der Waals surface area (Å²) >= 11 is 11.4. The summed E-state index contributed by atoms with van der Waals surface area (Å²) in [5.41, 5.74) is 0.862. The van der Waals surface area contributed by atoms with Crippen LogP contribution < -0.4 is 0 Å². The second-order valence-corrected chi connectivity index (χ2v) is 7.18. The van der Waals surface area contributed by atoms with Crippen molar-refractivity contribution < 1.29 is 9.53 Å². The Bertz CT molecular complexity index is 521. The molecule has 1 N–H and O–H groups in total. The van der Waals surface area contributed by atoms with Crippen molar-refractivity contribution in [3.05, 3.63) is 34.9 Å². The number of nitrogens with zero attached hydrogens (tertiary/aromatic N) is 1. The summed E-state index contributed by atoms with van der Waals surface area (Å²) in [5, 5.41) is 7.57. The minimum atomic E-state index is -0.457. The molecule has 0 aromatic heterocycles. The fourth-order valence-corrected chi connectivity index (χ4v) is 2.28. The molecule has 1 heterocycles. The highest BCUT2D eigenvalue weighted by molar-refractivity contribution is 6.67. The van der Waals surface area contributed by atoms with Gasteiger partial charge in [-0.25, -0.2) is 4.79 Å². The topological polar surface area (TPSA) is 53.4 Å². The number of likely N-dealkylation sites (tertiary alicyclic amines) is 1. The zero-order valence-electron chi connectivity index (χ0n) is 13.9. The van der Waals surface area contributed by atoms with Gasteiger partial charge in [0.1, 0.15) is 10.8 Å². The van der Waals surface area contributed by atoms with E-state index in [1.165, 1.54) is 11.6 Å². The summed E-state index contributed by atoms with van der Waals surface area (Å²) in [6, 6.07) is 0. The van der Waals surface area contributed by atoms with Crippen LogP contribution in [0.25, 0.3) is 0 Å². The van der Waals surface area contributed by atoms with E-state index >= 15 is 0 Å². The third kappa shape index (κ3) is 8.82. The Morgan fingerprint density at radius 3 is 2.39 bits per heavy atom. The van der Waals surface area contributed by atoms with E-state index in [0.717, 1.165) is 19.3 Å². The molecule has 0 atom stereocenters. The number of rotatable bonds is 4. The SMILES string of the molecule is CC(C)(C)OC(=O)N1CCC(=CC/C=C(Cl)\C=C/C(=N)Cl)CC1. The molecule has 1 aliphatic heterocycles. The maximum atomic E-state index is 12.0. The van der Waals surface area contributed by atoms with E-state index in [4.69, 9.17) is 33.3 Å². The van der Waals surface area contributed by atoms with E-state index in [-0.39, 0.29) is 11.3 Å². The number of carbonyl (C=O) groups excluding carboxylic acids is 1. The van der Waals surface area contributed by atoms with E-state index in [1.807, 2.05) is 26.8 Å². The third-order valence-corrected chi connectivity index (χ3v) is 3.57. The van der Waals surface area contributed by atoms with Crippen LogP contribution in [0.3, 0.4) is 0 Å². The fraction of sp³-hybridized carbons (Fsp3) is 0.529. The van der Waals surface area contributed by atoms with Gasteiger partial charge in [0.2, 0.25) is 0 Å². The smallest absolute Gasteiger partial charge is 0.410 e. The zero-order chi connectivity index (χ0) is 17.5. The van der Waals surface area contributed by atoms with Gasteiger partial charge in [-0.2, -0.15) is 0 Å². The number of piperidine rings is 1. The second-order valence-electron chi connectivity index (χ2n) is 6.34. The van der Waals surface area contributed by atoms with Crippen LogP contribution in [0.2, 0.25) is 0 Å². The molecule has 0 aromatic rings. The molecule has 23 heavy (non-hydrogen) atoms. The summed E-state index contributed by atoms with van der Waals surface area (Å²) in [5.74, 6) is 0. The molecule has 128 valence electrons. The molecule has 1 rings (SSSR count). The first-order chi connectivity index (χ1) is 10.7. The fourth-order valence-electron chi connectivity index (χ4n) is 2.07. The molecule has 0 aromatic carbocycles. The molecule has 0 unspecified atom stereocenters. The molecule has 1 saturated heterocycles. The average molecular weight is 359 g/mol. The van der Waals surface area contributed by atoms with Crippen molar-refractivity contribution in [2.24, 2.45) is 0 Å². The predicted octanol–water partition coefficient (Wildman–Crippen LogP) is 5.23. The van der Waals surface area contributed by atoms with Crippen LogP contribution in [0.1, 0.15) is 40.0 Å². The highest BCUT2D eigenvalue weighted by Crippen LogP contribution is 2.20. The Labute approximate surface area is 148 Å². The number of hydrogen-bond acceptors (Lipinski definition) is 3. The molecule has 4 nitrogen and oxygen atoms in total. The van der Waals surface area contributed by atoms with Crippen LogP contribution in [0, 0.1) is 5.41 Å². The van der Waals surface area contributed by atoms with Gasteiger partial charge in [-0.05, 0) is 52.2 Å². The first-order valence-corrected chi connectivity index (χ1v) is 8.36. The molecule has 0 bridgehead atoms. The monoisotopic (exact) mass is 358 g/mol. The predicted molar refractivity (Wildman–Crippen MR) is 96.4 cm³/mol. The van der Waals surface area contributed by atoms with Gasteiger partial charge in [0.05, 0.1) is 0 Å². The van der Waals surface area contributed by atoms with Crippen LogP contribution in [0.15, 0.2) is 34.9 Å². The van der Waals surface area contributed by atoms with Gasteiger partial charge in [-0.15, -0.1) is 0 Å². The summed E-state index contributed by atoms with van der Waals surface area (Å²) in [6.07, 6.45) is 9.22. The van der Waals surface area contributed by atoms with Crippen LogP contribution in [-0.4, -0.2) is 34.9 Å². The van der Waals surface area contributed by atoms with Gasteiger partial charge in [0.15, 0.2) is 0 Å². The molecule has 0 saturated carbocycles. The normalized spacial score (nSPS) is 16.7. The molecular weight excluding hydrogens is 335 g/mol. The summed E-state index contributed by atoms with van der Waals surface area (Å²) in [6.45, 7) is 6.98. The molecule has 1 amide bonds. The van der Waals surface area contributed by atoms with Gasteiger partial charge in [0, 0.05) is 18.1 Å². The summed E-state index contributed by atoms with van der Waals surface area (Å²) in [4.78, 5) is 13.7. The Morgan fingerprint density at radius 2 is 1.87 bits per heavy atom. The minimum Gasteiger partial charge on any atom is -0.444 e.